The van der Waals surface area contributed by atoms with E-state index in [2.05, 4.69) is 38.7 Å². The summed E-state index contributed by atoms with van der Waals surface area (Å²) in [6.45, 7) is 6.43. The largest absolute Gasteiger partial charge is 0.485 e. The van der Waals surface area contributed by atoms with Crippen LogP contribution in [0.2, 0.25) is 0 Å². The van der Waals surface area contributed by atoms with Crippen molar-refractivity contribution in [3.63, 3.8) is 0 Å². The Labute approximate surface area is 178 Å². The van der Waals surface area contributed by atoms with Gasteiger partial charge in [0.2, 0.25) is 11.0 Å². The first kappa shape index (κ1) is 21.3. The fourth-order valence-electron chi connectivity index (χ4n) is 2.51. The summed E-state index contributed by atoms with van der Waals surface area (Å²) in [6, 6.07) is 6.09. The summed E-state index contributed by atoms with van der Waals surface area (Å²) in [5, 5.41) is 21.3. The number of thioether (sulfide) groups is 1. The summed E-state index contributed by atoms with van der Waals surface area (Å²) in [5.41, 5.74) is 2.21. The number of benzene rings is 1. The van der Waals surface area contributed by atoms with Gasteiger partial charge >= 0.3 is 0 Å². The number of hydrogen-bond donors (Lipinski definition) is 1. The van der Waals surface area contributed by atoms with E-state index in [0.717, 1.165) is 34.7 Å². The Morgan fingerprint density at radius 3 is 2.86 bits per heavy atom. The normalized spacial score (nSPS) is 10.9. The molecule has 3 rings (SSSR count). The Morgan fingerprint density at radius 2 is 2.07 bits per heavy atom. The molecular weight excluding hydrogens is 408 g/mol. The molecule has 154 valence electrons. The van der Waals surface area contributed by atoms with Crippen molar-refractivity contribution in [1.82, 2.24) is 25.0 Å². The second-order valence-corrected chi connectivity index (χ2v) is 8.61. The molecule has 0 spiro atoms. The summed E-state index contributed by atoms with van der Waals surface area (Å²) in [6.07, 6.45) is 1.87. The smallest absolute Gasteiger partial charge is 0.236 e. The summed E-state index contributed by atoms with van der Waals surface area (Å²) in [5.74, 6) is 1.60. The quantitative estimate of drug-likeness (QED) is 0.517. The molecule has 0 aliphatic carbocycles. The molecule has 29 heavy (non-hydrogen) atoms. The Balaban J connectivity index is 1.52. The SMILES string of the molecule is CCCc1nnc(NC(=O)CSc2nnc(COc3cc(C)ccc3C)n2C)s1. The number of amides is 1. The highest BCUT2D eigenvalue weighted by Crippen LogP contribution is 2.22. The molecule has 1 N–H and O–H groups in total. The average molecular weight is 433 g/mol. The number of anilines is 1. The molecule has 3 aromatic rings. The molecule has 0 saturated heterocycles. The van der Waals surface area contributed by atoms with E-state index in [4.69, 9.17) is 4.74 Å². The molecule has 0 fully saturated rings. The van der Waals surface area contributed by atoms with Crippen LogP contribution in [-0.2, 0) is 24.9 Å². The minimum absolute atomic E-state index is 0.148. The standard InChI is InChI=1S/C19H24N6O2S2/c1-5-6-17-22-23-18(29-17)20-16(26)11-28-19-24-21-15(25(19)4)10-27-14-9-12(2)7-8-13(14)3/h7-9H,5-6,10-11H2,1-4H3,(H,20,23,26). The fourth-order valence-corrected chi connectivity index (χ4v) is 4.09. The van der Waals surface area contributed by atoms with Crippen LogP contribution in [0.25, 0.3) is 0 Å². The predicted octanol–water partition coefficient (Wildman–Crippen LogP) is 3.55. The zero-order valence-corrected chi connectivity index (χ0v) is 18.6. The molecule has 0 aliphatic heterocycles. The molecule has 0 atom stereocenters. The molecule has 0 unspecified atom stereocenters. The van der Waals surface area contributed by atoms with Gasteiger partial charge in [0.1, 0.15) is 17.4 Å². The van der Waals surface area contributed by atoms with Crippen LogP contribution in [-0.4, -0.2) is 36.6 Å². The number of carbonyl (C=O) groups is 1. The van der Waals surface area contributed by atoms with Crippen molar-refractivity contribution in [2.45, 2.75) is 45.4 Å². The van der Waals surface area contributed by atoms with Gasteiger partial charge in [0, 0.05) is 13.5 Å². The second-order valence-electron chi connectivity index (χ2n) is 6.60. The second kappa shape index (κ2) is 9.84. The van der Waals surface area contributed by atoms with Gasteiger partial charge in [0.25, 0.3) is 0 Å². The van der Waals surface area contributed by atoms with Gasteiger partial charge in [-0.25, -0.2) is 0 Å². The average Bonchev–Trinajstić information content (AvgIpc) is 3.27. The first-order valence-electron chi connectivity index (χ1n) is 9.29. The maximum Gasteiger partial charge on any atom is 0.236 e. The van der Waals surface area contributed by atoms with Gasteiger partial charge in [-0.15, -0.1) is 20.4 Å². The van der Waals surface area contributed by atoms with E-state index in [0.29, 0.717) is 22.7 Å². The fraction of sp³-hybridized carbons (Fsp3) is 0.421. The van der Waals surface area contributed by atoms with E-state index >= 15 is 0 Å². The van der Waals surface area contributed by atoms with Gasteiger partial charge < -0.3 is 9.30 Å². The van der Waals surface area contributed by atoms with Crippen LogP contribution in [0.3, 0.4) is 0 Å². The maximum atomic E-state index is 12.2. The molecule has 1 aromatic carbocycles. The molecular formula is C19H24N6O2S2. The Hall–Kier alpha value is -2.46. The van der Waals surface area contributed by atoms with Crippen LogP contribution < -0.4 is 10.1 Å². The van der Waals surface area contributed by atoms with Crippen molar-refractivity contribution >= 4 is 34.1 Å². The lowest BCUT2D eigenvalue weighted by molar-refractivity contribution is -0.113. The molecule has 0 aliphatic rings. The van der Waals surface area contributed by atoms with Crippen molar-refractivity contribution in [2.24, 2.45) is 7.05 Å². The summed E-state index contributed by atoms with van der Waals surface area (Å²) >= 11 is 2.73. The predicted molar refractivity (Wildman–Crippen MR) is 115 cm³/mol. The number of ether oxygens (including phenoxy) is 1. The van der Waals surface area contributed by atoms with E-state index in [1.165, 1.54) is 23.1 Å². The third-order valence-corrected chi connectivity index (χ3v) is 6.05. The van der Waals surface area contributed by atoms with Crippen LogP contribution in [0.4, 0.5) is 5.13 Å². The van der Waals surface area contributed by atoms with Gasteiger partial charge in [-0.3, -0.25) is 10.1 Å². The summed E-state index contributed by atoms with van der Waals surface area (Å²) < 4.78 is 7.74. The van der Waals surface area contributed by atoms with Gasteiger partial charge in [0.15, 0.2) is 11.0 Å². The van der Waals surface area contributed by atoms with Crippen LogP contribution >= 0.6 is 23.1 Å². The lowest BCUT2D eigenvalue weighted by Gasteiger charge is -2.09. The van der Waals surface area contributed by atoms with E-state index in [1.807, 2.05) is 37.6 Å². The highest BCUT2D eigenvalue weighted by molar-refractivity contribution is 7.99. The van der Waals surface area contributed by atoms with Crippen molar-refractivity contribution in [3.05, 3.63) is 40.2 Å². The van der Waals surface area contributed by atoms with E-state index in [9.17, 15) is 4.79 Å². The van der Waals surface area contributed by atoms with E-state index in [1.54, 1.807) is 0 Å². The van der Waals surface area contributed by atoms with E-state index < -0.39 is 0 Å². The number of aromatic nitrogens is 5. The summed E-state index contributed by atoms with van der Waals surface area (Å²) in [4.78, 5) is 12.2. The number of nitrogens with one attached hydrogen (secondary N) is 1. The molecule has 2 heterocycles. The van der Waals surface area contributed by atoms with Gasteiger partial charge in [-0.1, -0.05) is 42.2 Å². The molecule has 0 radical (unpaired) electrons. The lowest BCUT2D eigenvalue weighted by atomic mass is 10.1. The van der Waals surface area contributed by atoms with Gasteiger partial charge in [-0.05, 0) is 37.5 Å². The maximum absolute atomic E-state index is 12.2. The first-order valence-corrected chi connectivity index (χ1v) is 11.1. The topological polar surface area (TPSA) is 94.8 Å². The minimum Gasteiger partial charge on any atom is -0.485 e. The number of nitrogens with zero attached hydrogens (tertiary/aromatic N) is 5. The molecule has 8 nitrogen and oxygen atoms in total. The Kier molecular flexibility index (Phi) is 7.21. The summed E-state index contributed by atoms with van der Waals surface area (Å²) in [7, 11) is 1.86. The van der Waals surface area contributed by atoms with Crippen LogP contribution in [0.1, 0.15) is 35.3 Å². The van der Waals surface area contributed by atoms with Crippen LogP contribution in [0, 0.1) is 13.8 Å². The number of hydrogen-bond acceptors (Lipinski definition) is 8. The molecule has 2 aromatic heterocycles. The van der Waals surface area contributed by atoms with Crippen molar-refractivity contribution in [1.29, 1.82) is 0 Å². The number of rotatable bonds is 9. The van der Waals surface area contributed by atoms with E-state index in [-0.39, 0.29) is 11.7 Å². The number of carbonyl (C=O) groups excluding carboxylic acids is 1. The van der Waals surface area contributed by atoms with Crippen LogP contribution in [0.15, 0.2) is 23.4 Å². The molecule has 10 heteroatoms. The highest BCUT2D eigenvalue weighted by atomic mass is 32.2. The Bertz CT molecular complexity index is 985. The molecule has 0 saturated carbocycles. The third-order valence-electron chi connectivity index (χ3n) is 4.13. The molecule has 0 bridgehead atoms. The van der Waals surface area contributed by atoms with Gasteiger partial charge in [0.05, 0.1) is 5.75 Å². The minimum atomic E-state index is -0.148. The zero-order chi connectivity index (χ0) is 20.8. The zero-order valence-electron chi connectivity index (χ0n) is 16.9. The highest BCUT2D eigenvalue weighted by Gasteiger charge is 2.14. The first-order chi connectivity index (χ1) is 14.0. The monoisotopic (exact) mass is 432 g/mol. The van der Waals surface area contributed by atoms with Crippen molar-refractivity contribution in [3.8, 4) is 5.75 Å². The van der Waals surface area contributed by atoms with Crippen LogP contribution in [0.5, 0.6) is 5.75 Å². The van der Waals surface area contributed by atoms with Crippen molar-refractivity contribution < 1.29 is 9.53 Å². The molecule has 1 amide bonds. The van der Waals surface area contributed by atoms with Crippen molar-refractivity contribution in [2.75, 3.05) is 11.1 Å². The van der Waals surface area contributed by atoms with Gasteiger partial charge in [-0.2, -0.15) is 0 Å². The Morgan fingerprint density at radius 1 is 1.24 bits per heavy atom. The third kappa shape index (κ3) is 5.77. The lowest BCUT2D eigenvalue weighted by Crippen LogP contribution is -2.14. The number of aryl methyl sites for hydroxylation is 3.